The third-order valence-electron chi connectivity index (χ3n) is 4.56. The van der Waals surface area contributed by atoms with Gasteiger partial charge in [-0.25, -0.2) is 9.97 Å². The quantitative estimate of drug-likeness (QED) is 0.206. The molecule has 0 fully saturated rings. The first kappa shape index (κ1) is 22.3. The summed E-state index contributed by atoms with van der Waals surface area (Å²) < 4.78 is 10.7. The normalized spacial score (nSPS) is 10.6. The summed E-state index contributed by atoms with van der Waals surface area (Å²) in [7, 11) is 3.18. The number of H-pyrrole nitrogens is 1. The molecule has 2 aromatic carbocycles. The van der Waals surface area contributed by atoms with Crippen LogP contribution in [0.25, 0.3) is 21.9 Å². The van der Waals surface area contributed by atoms with Gasteiger partial charge in [-0.3, -0.25) is 10.2 Å². The molecule has 4 rings (SSSR count). The van der Waals surface area contributed by atoms with Crippen LogP contribution in [0.3, 0.4) is 0 Å². The molecule has 0 bridgehead atoms. The van der Waals surface area contributed by atoms with Gasteiger partial charge >= 0.3 is 0 Å². The summed E-state index contributed by atoms with van der Waals surface area (Å²) in [5, 5.41) is 11.9. The number of hydrogen-bond donors (Lipinski definition) is 4. The number of ether oxygens (including phenoxy) is 2. The summed E-state index contributed by atoms with van der Waals surface area (Å²) in [6.07, 6.45) is 4.45. The zero-order chi connectivity index (χ0) is 23.1. The van der Waals surface area contributed by atoms with E-state index in [0.717, 1.165) is 21.9 Å². The van der Waals surface area contributed by atoms with Crippen molar-refractivity contribution < 1.29 is 14.3 Å². The van der Waals surface area contributed by atoms with E-state index < -0.39 is 0 Å². The molecule has 9 heteroatoms. The van der Waals surface area contributed by atoms with Crippen LogP contribution in [0.5, 0.6) is 11.5 Å². The van der Waals surface area contributed by atoms with Crippen LogP contribution in [0, 0.1) is 5.41 Å². The molecule has 2 heterocycles. The number of anilines is 1. The number of ketones is 1. The molecule has 5 N–H and O–H groups in total. The number of carbonyl (C=O) groups excluding carboxylic acids is 1. The minimum absolute atomic E-state index is 0.0480. The number of Topliss-reactive ketones (excluding diaryl/α,β-unsaturated/α-hetero) is 1. The second kappa shape index (κ2) is 10.1. The van der Waals surface area contributed by atoms with E-state index in [1.165, 1.54) is 12.4 Å². The largest absolute Gasteiger partial charge is 0.493 e. The fourth-order valence-electron chi connectivity index (χ4n) is 3.04. The Morgan fingerprint density at radius 1 is 1.12 bits per heavy atom. The van der Waals surface area contributed by atoms with E-state index in [4.69, 9.17) is 20.6 Å². The number of hydrogen-bond acceptors (Lipinski definition) is 7. The van der Waals surface area contributed by atoms with Crippen molar-refractivity contribution in [3.8, 4) is 11.5 Å². The van der Waals surface area contributed by atoms with Gasteiger partial charge in [-0.15, -0.1) is 0 Å². The van der Waals surface area contributed by atoms with E-state index >= 15 is 0 Å². The molecule has 9 nitrogen and oxygen atoms in total. The molecule has 0 spiro atoms. The Morgan fingerprint density at radius 2 is 1.81 bits per heavy atom. The number of nitrogens with one attached hydrogen (secondary N) is 3. The molecule has 32 heavy (non-hydrogen) atoms. The molecule has 2 aromatic heterocycles. The summed E-state index contributed by atoms with van der Waals surface area (Å²) in [6, 6.07) is 13.0. The molecule has 0 radical (unpaired) electrons. The minimum atomic E-state index is -0.0480. The Bertz CT molecular complexity index is 1280. The highest BCUT2D eigenvalue weighted by Crippen LogP contribution is 2.37. The maximum absolute atomic E-state index is 10.6. The lowest BCUT2D eigenvalue weighted by Gasteiger charge is -2.07. The van der Waals surface area contributed by atoms with Gasteiger partial charge in [0.25, 0.3) is 0 Å². The number of amidine groups is 1. The number of carbonyl (C=O) groups is 1. The Morgan fingerprint density at radius 3 is 2.41 bits per heavy atom. The Balaban J connectivity index is 0.000000269. The Kier molecular flexibility index (Phi) is 7.02. The van der Waals surface area contributed by atoms with Crippen LogP contribution >= 0.6 is 0 Å². The monoisotopic (exact) mass is 432 g/mol. The number of aromatic amines is 1. The Hall–Kier alpha value is -4.40. The summed E-state index contributed by atoms with van der Waals surface area (Å²) in [6.45, 7) is 1.56. The lowest BCUT2D eigenvalue weighted by molar-refractivity contribution is 0.101. The highest BCUT2D eigenvalue weighted by atomic mass is 16.5. The molecule has 0 atom stereocenters. The van der Waals surface area contributed by atoms with Gasteiger partial charge in [-0.2, -0.15) is 0 Å². The SMILES string of the molecule is CC(=O)c1ccccc1.COc1cc2[nH]c3ncnc(N/C=C\C(=N)N)c3c2cc1OC. The molecule has 0 saturated heterocycles. The van der Waals surface area contributed by atoms with Crippen molar-refractivity contribution in [3.05, 3.63) is 66.6 Å². The molecule has 0 aliphatic rings. The van der Waals surface area contributed by atoms with Gasteiger partial charge in [0.15, 0.2) is 17.3 Å². The van der Waals surface area contributed by atoms with Gasteiger partial charge < -0.3 is 25.5 Å². The molecule has 0 amide bonds. The summed E-state index contributed by atoms with van der Waals surface area (Å²) in [5.41, 5.74) is 7.61. The van der Waals surface area contributed by atoms with Gasteiger partial charge in [-0.1, -0.05) is 30.3 Å². The van der Waals surface area contributed by atoms with Gasteiger partial charge in [0.1, 0.15) is 23.6 Å². The van der Waals surface area contributed by atoms with Crippen molar-refractivity contribution in [2.75, 3.05) is 19.5 Å². The van der Waals surface area contributed by atoms with Crippen molar-refractivity contribution in [3.63, 3.8) is 0 Å². The topological polar surface area (TPSA) is 139 Å². The zero-order valence-electron chi connectivity index (χ0n) is 18.0. The maximum atomic E-state index is 10.6. The number of fused-ring (bicyclic) bond motifs is 3. The molecule has 0 saturated carbocycles. The summed E-state index contributed by atoms with van der Waals surface area (Å²) >= 11 is 0. The van der Waals surface area contributed by atoms with Crippen molar-refractivity contribution >= 4 is 39.4 Å². The fourth-order valence-corrected chi connectivity index (χ4v) is 3.04. The fraction of sp³-hybridized carbons (Fsp3) is 0.130. The van der Waals surface area contributed by atoms with Crippen molar-refractivity contribution in [1.82, 2.24) is 15.0 Å². The number of nitrogens with zero attached hydrogens (tertiary/aromatic N) is 2. The van der Waals surface area contributed by atoms with Crippen LogP contribution in [-0.4, -0.2) is 40.8 Å². The third kappa shape index (κ3) is 5.01. The van der Waals surface area contributed by atoms with E-state index in [1.807, 2.05) is 42.5 Å². The molecule has 0 unspecified atom stereocenters. The van der Waals surface area contributed by atoms with Crippen molar-refractivity contribution in [2.45, 2.75) is 6.92 Å². The van der Waals surface area contributed by atoms with Crippen molar-refractivity contribution in [2.24, 2.45) is 5.73 Å². The first-order valence-corrected chi connectivity index (χ1v) is 9.66. The van der Waals surface area contributed by atoms with E-state index in [1.54, 1.807) is 27.3 Å². The highest BCUT2D eigenvalue weighted by Gasteiger charge is 2.14. The number of methoxy groups -OCH3 is 2. The predicted octanol–water partition coefficient (Wildman–Crippen LogP) is 3.88. The number of nitrogens with two attached hydrogens (primary N) is 1. The minimum Gasteiger partial charge on any atom is -0.493 e. The number of aromatic nitrogens is 3. The van der Waals surface area contributed by atoms with Crippen LogP contribution in [0.15, 0.2) is 61.1 Å². The lowest BCUT2D eigenvalue weighted by Crippen LogP contribution is -2.05. The van der Waals surface area contributed by atoms with E-state index in [9.17, 15) is 4.79 Å². The Labute approximate surface area is 184 Å². The summed E-state index contributed by atoms with van der Waals surface area (Å²) in [4.78, 5) is 22.4. The van der Waals surface area contributed by atoms with Gasteiger partial charge in [0.2, 0.25) is 0 Å². The molecule has 4 aromatic rings. The molecule has 0 aliphatic carbocycles. The zero-order valence-corrected chi connectivity index (χ0v) is 18.0. The maximum Gasteiger partial charge on any atom is 0.162 e. The van der Waals surface area contributed by atoms with E-state index in [-0.39, 0.29) is 11.6 Å². The van der Waals surface area contributed by atoms with E-state index in [0.29, 0.717) is 23.0 Å². The molecule has 0 aliphatic heterocycles. The molecular formula is C23H24N6O3. The van der Waals surface area contributed by atoms with Crippen LogP contribution in [-0.2, 0) is 0 Å². The molecular weight excluding hydrogens is 408 g/mol. The second-order valence-electron chi connectivity index (χ2n) is 6.68. The first-order chi connectivity index (χ1) is 15.4. The predicted molar refractivity (Wildman–Crippen MR) is 126 cm³/mol. The number of rotatable bonds is 6. The van der Waals surface area contributed by atoms with Gasteiger partial charge in [0, 0.05) is 23.2 Å². The van der Waals surface area contributed by atoms with Crippen LogP contribution in [0.2, 0.25) is 0 Å². The summed E-state index contributed by atoms with van der Waals surface area (Å²) in [5.74, 6) is 1.93. The first-order valence-electron chi connectivity index (χ1n) is 9.66. The van der Waals surface area contributed by atoms with Gasteiger partial charge in [-0.05, 0) is 19.1 Å². The number of benzene rings is 2. The average molecular weight is 432 g/mol. The van der Waals surface area contributed by atoms with Crippen molar-refractivity contribution in [1.29, 1.82) is 5.41 Å². The standard InChI is InChI=1S/C15H16N6O2.C8H8O/c1-22-10-5-8-9(6-11(10)23-2)21-15-13(8)14(19-7-20-15)18-4-3-12(16)17;1-7(9)8-5-3-2-4-6-8/h3-7H,1-2H3,(H3,16,17)(H2,18,19,20,21);2-6H,1H3/b4-3-;. The highest BCUT2D eigenvalue weighted by molar-refractivity contribution is 6.12. The molecule has 164 valence electrons. The van der Waals surface area contributed by atoms with E-state index in [2.05, 4.69) is 20.3 Å². The van der Waals surface area contributed by atoms with Crippen LogP contribution < -0.4 is 20.5 Å². The second-order valence-corrected chi connectivity index (χ2v) is 6.68. The van der Waals surface area contributed by atoms with Crippen LogP contribution in [0.4, 0.5) is 5.82 Å². The lowest BCUT2D eigenvalue weighted by atomic mass is 10.2. The third-order valence-corrected chi connectivity index (χ3v) is 4.56. The smallest absolute Gasteiger partial charge is 0.162 e. The average Bonchev–Trinajstić information content (AvgIpc) is 3.17. The van der Waals surface area contributed by atoms with Crippen LogP contribution in [0.1, 0.15) is 17.3 Å². The van der Waals surface area contributed by atoms with Gasteiger partial charge in [0.05, 0.1) is 25.1 Å².